The molecule has 1 fully saturated rings. The zero-order valence-corrected chi connectivity index (χ0v) is 20.3. The van der Waals surface area contributed by atoms with Crippen molar-refractivity contribution in [3.8, 4) is 11.6 Å². The highest BCUT2D eigenvalue weighted by Gasteiger charge is 2.37. The summed E-state index contributed by atoms with van der Waals surface area (Å²) in [5, 5.41) is 29.1. The minimum Gasteiger partial charge on any atom is -0.493 e. The van der Waals surface area contributed by atoms with Crippen LogP contribution in [0.3, 0.4) is 0 Å². The third-order valence-corrected chi connectivity index (χ3v) is 7.25. The number of fused-ring (bicyclic) bond motifs is 1. The number of thiazole rings is 1. The molecular formula is C25H21F3N4O4S. The lowest BCUT2D eigenvalue weighted by molar-refractivity contribution is -0.142. The second-order valence-electron chi connectivity index (χ2n) is 8.58. The highest BCUT2D eigenvalue weighted by atomic mass is 32.1. The van der Waals surface area contributed by atoms with E-state index in [-0.39, 0.29) is 30.2 Å². The fraction of sp³-hybridized carbons (Fsp3) is 0.280. The van der Waals surface area contributed by atoms with Crippen LogP contribution in [0.15, 0.2) is 40.5 Å². The van der Waals surface area contributed by atoms with Gasteiger partial charge in [-0.15, -0.1) is 0 Å². The van der Waals surface area contributed by atoms with Crippen molar-refractivity contribution in [1.29, 1.82) is 0 Å². The number of anilines is 1. The summed E-state index contributed by atoms with van der Waals surface area (Å²) < 4.78 is 47.6. The number of carboxylic acid groups (broad SMARTS) is 1. The van der Waals surface area contributed by atoms with Gasteiger partial charge < -0.3 is 19.8 Å². The summed E-state index contributed by atoms with van der Waals surface area (Å²) >= 11 is 1.18. The van der Waals surface area contributed by atoms with Crippen molar-refractivity contribution in [2.24, 2.45) is 16.1 Å². The second-order valence-corrected chi connectivity index (χ2v) is 9.59. The molecule has 0 aliphatic carbocycles. The van der Waals surface area contributed by atoms with E-state index in [4.69, 9.17) is 9.84 Å². The Morgan fingerprint density at radius 1 is 1.27 bits per heavy atom. The number of aliphatic carboxylic acids is 1. The average molecular weight is 531 g/mol. The van der Waals surface area contributed by atoms with Crippen molar-refractivity contribution < 1.29 is 32.9 Å². The largest absolute Gasteiger partial charge is 0.493 e. The fourth-order valence-electron chi connectivity index (χ4n) is 4.37. The zero-order valence-electron chi connectivity index (χ0n) is 19.5. The molecule has 0 radical (unpaired) electrons. The number of nitrogens with zero attached hydrogens (tertiary/aromatic N) is 4. The molecule has 2 aliphatic heterocycles. The Labute approximate surface area is 212 Å². The maximum atomic E-state index is 14.1. The summed E-state index contributed by atoms with van der Waals surface area (Å²) in [5.41, 5.74) is 0.364. The molecule has 12 heteroatoms. The molecule has 1 aromatic heterocycles. The van der Waals surface area contributed by atoms with Crippen LogP contribution in [0.25, 0.3) is 6.08 Å². The van der Waals surface area contributed by atoms with E-state index in [0.717, 1.165) is 0 Å². The zero-order chi connectivity index (χ0) is 26.3. The molecule has 0 bridgehead atoms. The van der Waals surface area contributed by atoms with Gasteiger partial charge in [0.05, 0.1) is 29.0 Å². The van der Waals surface area contributed by atoms with Crippen LogP contribution in [0.5, 0.6) is 11.6 Å². The Hall–Kier alpha value is -3.93. The normalized spacial score (nSPS) is 15.5. The molecule has 5 rings (SSSR count). The lowest BCUT2D eigenvalue weighted by Crippen LogP contribution is -2.50. The van der Waals surface area contributed by atoms with Crippen molar-refractivity contribution in [2.75, 3.05) is 24.6 Å². The van der Waals surface area contributed by atoms with Crippen molar-refractivity contribution in [1.82, 2.24) is 4.98 Å². The van der Waals surface area contributed by atoms with Gasteiger partial charge in [-0.2, -0.15) is 28.4 Å². The first kappa shape index (κ1) is 24.8. The fourth-order valence-corrected chi connectivity index (χ4v) is 5.30. The van der Waals surface area contributed by atoms with Gasteiger partial charge in [0.2, 0.25) is 5.88 Å². The van der Waals surface area contributed by atoms with E-state index in [1.807, 2.05) is 0 Å². The standard InChI is InChI=1S/C25H21F3N4O4S/c1-2-36-19-5-3-4-14(21(19)25(26,27)28)8-16-13(6-7-18-17(16)10-29-31-18)9-20-22(33)30-24(37-20)32-11-15(12-32)23(34)35/h3-7,9-10,15,33H,2,8,11-12H2,1H3,(H,34,35). The Morgan fingerprint density at radius 2 is 2.05 bits per heavy atom. The molecule has 2 aromatic carbocycles. The number of benzene rings is 2. The van der Waals surface area contributed by atoms with Gasteiger partial charge in [0.15, 0.2) is 5.13 Å². The number of hydrogen-bond acceptors (Lipinski definition) is 8. The Balaban J connectivity index is 1.58. The van der Waals surface area contributed by atoms with Crippen LogP contribution < -0.4 is 20.2 Å². The van der Waals surface area contributed by atoms with Crippen molar-refractivity contribution >= 4 is 34.7 Å². The van der Waals surface area contributed by atoms with Crippen LogP contribution in [0.2, 0.25) is 0 Å². The minimum atomic E-state index is -4.63. The molecule has 192 valence electrons. The molecule has 2 aliphatic rings. The Bertz CT molecular complexity index is 1530. The second kappa shape index (κ2) is 9.51. The van der Waals surface area contributed by atoms with Gasteiger partial charge in [-0.25, -0.2) is 0 Å². The summed E-state index contributed by atoms with van der Waals surface area (Å²) in [4.78, 5) is 17.4. The van der Waals surface area contributed by atoms with Gasteiger partial charge >= 0.3 is 12.1 Å². The van der Waals surface area contributed by atoms with Crippen LogP contribution in [0.4, 0.5) is 18.3 Å². The van der Waals surface area contributed by atoms with Gasteiger partial charge in [-0.1, -0.05) is 29.5 Å². The number of rotatable bonds is 7. The first-order chi connectivity index (χ1) is 17.7. The maximum absolute atomic E-state index is 14.1. The van der Waals surface area contributed by atoms with E-state index in [0.29, 0.717) is 44.8 Å². The van der Waals surface area contributed by atoms with Crippen LogP contribution >= 0.6 is 11.3 Å². The first-order valence-electron chi connectivity index (χ1n) is 11.4. The number of halogens is 3. The molecule has 0 spiro atoms. The van der Waals surface area contributed by atoms with Gasteiger partial charge in [0, 0.05) is 18.7 Å². The topological polar surface area (TPSA) is 108 Å². The Kier molecular flexibility index (Phi) is 6.36. The Morgan fingerprint density at radius 3 is 2.76 bits per heavy atom. The molecule has 1 saturated heterocycles. The predicted molar refractivity (Wildman–Crippen MR) is 131 cm³/mol. The van der Waals surface area contributed by atoms with Gasteiger partial charge in [0.25, 0.3) is 0 Å². The van der Waals surface area contributed by atoms with Crippen molar-refractivity contribution in [2.45, 2.75) is 19.5 Å². The van der Waals surface area contributed by atoms with Gasteiger partial charge in [-0.3, -0.25) is 4.79 Å². The summed E-state index contributed by atoms with van der Waals surface area (Å²) in [5.74, 6) is -1.84. The third-order valence-electron chi connectivity index (χ3n) is 6.20. The van der Waals surface area contributed by atoms with E-state index in [9.17, 15) is 23.1 Å². The van der Waals surface area contributed by atoms with Crippen LogP contribution in [-0.2, 0) is 17.4 Å². The van der Waals surface area contributed by atoms with E-state index in [2.05, 4.69) is 15.2 Å². The van der Waals surface area contributed by atoms with E-state index < -0.39 is 23.6 Å². The molecule has 0 amide bonds. The number of ether oxygens (including phenoxy) is 1. The van der Waals surface area contributed by atoms with E-state index in [1.54, 1.807) is 30.0 Å². The minimum absolute atomic E-state index is 0.0382. The van der Waals surface area contributed by atoms with Crippen LogP contribution in [-0.4, -0.2) is 47.1 Å². The van der Waals surface area contributed by atoms with Crippen molar-refractivity contribution in [3.05, 3.63) is 68.0 Å². The monoisotopic (exact) mass is 530 g/mol. The van der Waals surface area contributed by atoms with E-state index in [1.165, 1.54) is 35.8 Å². The molecule has 0 saturated carbocycles. The van der Waals surface area contributed by atoms with Crippen molar-refractivity contribution in [3.63, 3.8) is 0 Å². The van der Waals surface area contributed by atoms with Gasteiger partial charge in [0.1, 0.15) is 11.3 Å². The molecule has 8 nitrogen and oxygen atoms in total. The van der Waals surface area contributed by atoms with Crippen LogP contribution in [0, 0.1) is 5.92 Å². The SMILES string of the molecule is CCOc1cccc(Cc2c3c(ccc2=Cc2sc(N4CC(C(=O)O)C4)nc2O)=NN=C3)c1C(F)(F)F. The number of carboxylic acids is 1. The molecule has 3 heterocycles. The highest BCUT2D eigenvalue weighted by molar-refractivity contribution is 7.16. The van der Waals surface area contributed by atoms with E-state index >= 15 is 0 Å². The maximum Gasteiger partial charge on any atom is 0.420 e. The smallest absolute Gasteiger partial charge is 0.420 e. The molecule has 0 atom stereocenters. The summed E-state index contributed by atoms with van der Waals surface area (Å²) in [7, 11) is 0. The number of aromatic hydroxyl groups is 1. The summed E-state index contributed by atoms with van der Waals surface area (Å²) in [6.07, 6.45) is -1.54. The third kappa shape index (κ3) is 4.76. The molecule has 37 heavy (non-hydrogen) atoms. The number of carbonyl (C=O) groups is 1. The average Bonchev–Trinajstić information content (AvgIpc) is 3.40. The summed E-state index contributed by atoms with van der Waals surface area (Å²) in [6, 6.07) is 7.68. The molecular weight excluding hydrogens is 509 g/mol. The van der Waals surface area contributed by atoms with Crippen LogP contribution in [0.1, 0.15) is 34.1 Å². The first-order valence-corrected chi connectivity index (χ1v) is 12.2. The lowest BCUT2D eigenvalue weighted by atomic mass is 9.93. The number of alkyl halides is 3. The number of hydrogen-bond donors (Lipinski definition) is 2. The van der Waals surface area contributed by atoms with Gasteiger partial charge in [-0.05, 0) is 47.9 Å². The lowest BCUT2D eigenvalue weighted by Gasteiger charge is -2.36. The molecule has 3 aromatic rings. The summed E-state index contributed by atoms with van der Waals surface area (Å²) in [6.45, 7) is 2.30. The quantitative estimate of drug-likeness (QED) is 0.486. The molecule has 2 N–H and O–H groups in total. The predicted octanol–water partition coefficient (Wildman–Crippen LogP) is 3.17. The molecule has 0 unspecified atom stereocenters. The number of aromatic nitrogens is 1. The highest BCUT2D eigenvalue weighted by Crippen LogP contribution is 2.40.